The van der Waals surface area contributed by atoms with Crippen LogP contribution in [-0.4, -0.2) is 62.0 Å². The van der Waals surface area contributed by atoms with Crippen LogP contribution in [0.25, 0.3) is 0 Å². The minimum atomic E-state index is -0.284. The number of carbonyl (C=O) groups excluding carboxylic acids is 2. The van der Waals surface area contributed by atoms with E-state index in [0.717, 1.165) is 37.1 Å². The number of rotatable bonds is 5. The third-order valence-electron chi connectivity index (χ3n) is 6.56. The summed E-state index contributed by atoms with van der Waals surface area (Å²) < 4.78 is 11.0. The van der Waals surface area contributed by atoms with E-state index in [0.29, 0.717) is 30.2 Å². The summed E-state index contributed by atoms with van der Waals surface area (Å²) in [5, 5.41) is 0. The molecule has 164 valence electrons. The normalized spacial score (nSPS) is 20.7. The maximum Gasteiger partial charge on any atom is 0.254 e. The van der Waals surface area contributed by atoms with Crippen LogP contribution in [0, 0.1) is 12.8 Å². The molecule has 2 heterocycles. The first-order valence-electron chi connectivity index (χ1n) is 10.9. The molecule has 4 rings (SSSR count). The standard InChI is InChI=1S/C25H30N2O4/c1-17-8-4-5-9-19(17)24(28)27-15-21(20-11-10-18(30-2)14-23(20)31-3)22(16-27)25(29)26-12-6-7-13-26/h4-5,8-11,14,21-22H,6-7,12-13,15-16H2,1-3H3/t21-,22+/m1/s1. The lowest BCUT2D eigenvalue weighted by Crippen LogP contribution is -2.37. The molecule has 0 N–H and O–H groups in total. The zero-order valence-corrected chi connectivity index (χ0v) is 18.5. The predicted molar refractivity (Wildman–Crippen MR) is 119 cm³/mol. The number of nitrogens with zero attached hydrogens (tertiary/aromatic N) is 2. The molecular weight excluding hydrogens is 392 g/mol. The average molecular weight is 423 g/mol. The van der Waals surface area contributed by atoms with Gasteiger partial charge in [-0.05, 0) is 37.5 Å². The Morgan fingerprint density at radius 1 is 0.935 bits per heavy atom. The van der Waals surface area contributed by atoms with Crippen molar-refractivity contribution in [3.63, 3.8) is 0 Å². The van der Waals surface area contributed by atoms with E-state index in [1.54, 1.807) is 14.2 Å². The Balaban J connectivity index is 1.68. The van der Waals surface area contributed by atoms with Crippen molar-refractivity contribution in [3.8, 4) is 11.5 Å². The van der Waals surface area contributed by atoms with Gasteiger partial charge in [0.1, 0.15) is 11.5 Å². The lowest BCUT2D eigenvalue weighted by atomic mass is 9.87. The van der Waals surface area contributed by atoms with Crippen LogP contribution in [0.2, 0.25) is 0 Å². The van der Waals surface area contributed by atoms with Gasteiger partial charge in [-0.25, -0.2) is 0 Å². The van der Waals surface area contributed by atoms with Crippen LogP contribution in [-0.2, 0) is 4.79 Å². The maximum absolute atomic E-state index is 13.4. The van der Waals surface area contributed by atoms with Crippen LogP contribution in [0.4, 0.5) is 0 Å². The van der Waals surface area contributed by atoms with Gasteiger partial charge >= 0.3 is 0 Å². The Morgan fingerprint density at radius 3 is 2.35 bits per heavy atom. The van der Waals surface area contributed by atoms with Gasteiger partial charge in [0.15, 0.2) is 0 Å². The molecule has 31 heavy (non-hydrogen) atoms. The number of hydrogen-bond donors (Lipinski definition) is 0. The molecule has 2 aromatic carbocycles. The second-order valence-corrected chi connectivity index (χ2v) is 8.38. The quantitative estimate of drug-likeness (QED) is 0.740. The molecule has 2 saturated heterocycles. The van der Waals surface area contributed by atoms with Gasteiger partial charge in [-0.1, -0.05) is 24.3 Å². The molecule has 0 bridgehead atoms. The van der Waals surface area contributed by atoms with Gasteiger partial charge in [-0.3, -0.25) is 9.59 Å². The van der Waals surface area contributed by atoms with Crippen LogP contribution in [0.1, 0.15) is 40.2 Å². The summed E-state index contributed by atoms with van der Waals surface area (Å²) in [5.74, 6) is 1.10. The SMILES string of the molecule is COc1ccc([C@H]2CN(C(=O)c3ccccc3C)C[C@@H]2C(=O)N2CCCC2)c(OC)c1. The van der Waals surface area contributed by atoms with Crippen molar-refractivity contribution in [3.05, 3.63) is 59.2 Å². The molecule has 2 amide bonds. The fraction of sp³-hybridized carbons (Fsp3) is 0.440. The smallest absolute Gasteiger partial charge is 0.254 e. The van der Waals surface area contributed by atoms with Crippen molar-refractivity contribution < 1.29 is 19.1 Å². The molecule has 2 aliphatic heterocycles. The zero-order chi connectivity index (χ0) is 22.0. The topological polar surface area (TPSA) is 59.1 Å². The maximum atomic E-state index is 13.4. The van der Waals surface area contributed by atoms with Gasteiger partial charge in [-0.15, -0.1) is 0 Å². The summed E-state index contributed by atoms with van der Waals surface area (Å²) >= 11 is 0. The van der Waals surface area contributed by atoms with Crippen molar-refractivity contribution in [1.82, 2.24) is 9.80 Å². The first-order chi connectivity index (χ1) is 15.0. The molecular formula is C25H30N2O4. The highest BCUT2D eigenvalue weighted by Gasteiger charge is 2.43. The summed E-state index contributed by atoms with van der Waals surface area (Å²) in [4.78, 5) is 30.6. The molecule has 2 atom stereocenters. The van der Waals surface area contributed by atoms with Crippen LogP contribution in [0.15, 0.2) is 42.5 Å². The molecule has 6 heteroatoms. The number of aryl methyl sites for hydroxylation is 1. The number of ether oxygens (including phenoxy) is 2. The van der Waals surface area contributed by atoms with Crippen molar-refractivity contribution in [2.45, 2.75) is 25.7 Å². The number of benzene rings is 2. The van der Waals surface area contributed by atoms with Gasteiger partial charge in [0, 0.05) is 49.3 Å². The van der Waals surface area contributed by atoms with Crippen LogP contribution >= 0.6 is 0 Å². The molecule has 6 nitrogen and oxygen atoms in total. The van der Waals surface area contributed by atoms with Gasteiger partial charge in [0.2, 0.25) is 5.91 Å². The van der Waals surface area contributed by atoms with E-state index in [4.69, 9.17) is 9.47 Å². The van der Waals surface area contributed by atoms with Crippen LogP contribution in [0.5, 0.6) is 11.5 Å². The fourth-order valence-corrected chi connectivity index (χ4v) is 4.81. The average Bonchev–Trinajstić information content (AvgIpc) is 3.48. The van der Waals surface area contributed by atoms with Crippen LogP contribution in [0.3, 0.4) is 0 Å². The number of likely N-dealkylation sites (tertiary alicyclic amines) is 2. The first-order valence-corrected chi connectivity index (χ1v) is 10.9. The third kappa shape index (κ3) is 4.11. The molecule has 0 aliphatic carbocycles. The van der Waals surface area contributed by atoms with Crippen molar-refractivity contribution in [1.29, 1.82) is 0 Å². The largest absolute Gasteiger partial charge is 0.497 e. The summed E-state index contributed by atoms with van der Waals surface area (Å²) in [6, 6.07) is 13.3. The van der Waals surface area contributed by atoms with E-state index in [9.17, 15) is 9.59 Å². The minimum absolute atomic E-state index is 0.0210. The van der Waals surface area contributed by atoms with E-state index in [-0.39, 0.29) is 23.7 Å². The van der Waals surface area contributed by atoms with Crippen LogP contribution < -0.4 is 9.47 Å². The van der Waals surface area contributed by atoms with Gasteiger partial charge < -0.3 is 19.3 Å². The molecule has 2 aliphatic rings. The number of amides is 2. The Labute approximate surface area is 183 Å². The van der Waals surface area contributed by atoms with E-state index in [1.165, 1.54) is 0 Å². The van der Waals surface area contributed by atoms with E-state index < -0.39 is 0 Å². The lowest BCUT2D eigenvalue weighted by molar-refractivity contribution is -0.134. The zero-order valence-electron chi connectivity index (χ0n) is 18.5. The van der Waals surface area contributed by atoms with E-state index in [2.05, 4.69) is 0 Å². The summed E-state index contributed by atoms with van der Waals surface area (Å²) in [6.07, 6.45) is 2.08. The monoisotopic (exact) mass is 422 g/mol. The molecule has 0 saturated carbocycles. The number of hydrogen-bond acceptors (Lipinski definition) is 4. The second kappa shape index (κ2) is 9.00. The Morgan fingerprint density at radius 2 is 1.68 bits per heavy atom. The lowest BCUT2D eigenvalue weighted by Gasteiger charge is -2.25. The summed E-state index contributed by atoms with van der Waals surface area (Å²) in [7, 11) is 3.24. The number of methoxy groups -OCH3 is 2. The Kier molecular flexibility index (Phi) is 6.16. The molecule has 0 aromatic heterocycles. The Bertz CT molecular complexity index is 968. The van der Waals surface area contributed by atoms with Crippen molar-refractivity contribution in [2.24, 2.45) is 5.92 Å². The minimum Gasteiger partial charge on any atom is -0.497 e. The fourth-order valence-electron chi connectivity index (χ4n) is 4.81. The van der Waals surface area contributed by atoms with Crippen molar-refractivity contribution >= 4 is 11.8 Å². The highest BCUT2D eigenvalue weighted by Crippen LogP contribution is 2.40. The van der Waals surface area contributed by atoms with Crippen molar-refractivity contribution in [2.75, 3.05) is 40.4 Å². The van der Waals surface area contributed by atoms with Gasteiger partial charge in [0.25, 0.3) is 5.91 Å². The molecule has 2 fully saturated rings. The van der Waals surface area contributed by atoms with E-state index >= 15 is 0 Å². The molecule has 0 spiro atoms. The molecule has 2 aromatic rings. The first kappa shape index (κ1) is 21.2. The highest BCUT2D eigenvalue weighted by molar-refractivity contribution is 5.96. The van der Waals surface area contributed by atoms with Gasteiger partial charge in [-0.2, -0.15) is 0 Å². The van der Waals surface area contributed by atoms with E-state index in [1.807, 2.05) is 59.2 Å². The summed E-state index contributed by atoms with van der Waals surface area (Å²) in [5.41, 5.74) is 2.58. The van der Waals surface area contributed by atoms with Gasteiger partial charge in [0.05, 0.1) is 20.1 Å². The predicted octanol–water partition coefficient (Wildman–Crippen LogP) is 3.49. The summed E-state index contributed by atoms with van der Waals surface area (Å²) in [6.45, 7) is 4.45. The highest BCUT2D eigenvalue weighted by atomic mass is 16.5. The Hall–Kier alpha value is -3.02. The third-order valence-corrected chi connectivity index (χ3v) is 6.56. The second-order valence-electron chi connectivity index (χ2n) is 8.38. The number of carbonyl (C=O) groups is 2. The molecule has 0 unspecified atom stereocenters. The molecule has 0 radical (unpaired) electrons.